The fraction of sp³-hybridized carbons (Fsp3) is 0.267. The molecule has 0 aliphatic heterocycles. The molecule has 270 valence electrons. The molecular formula is C45H40Cl2O6. The maximum atomic E-state index is 12.8. The van der Waals surface area contributed by atoms with Crippen LogP contribution in [0.25, 0.3) is 0 Å². The first-order valence-corrected chi connectivity index (χ1v) is 18.8. The highest BCUT2D eigenvalue weighted by Gasteiger charge is 2.33. The number of Topliss-reactive ketones (excluding diaryl/α,β-unsaturated/α-hetero) is 1. The minimum atomic E-state index is -0.644. The van der Waals surface area contributed by atoms with Crippen LogP contribution in [-0.4, -0.2) is 34.2 Å². The van der Waals surface area contributed by atoms with Crippen LogP contribution in [-0.2, 0) is 4.79 Å². The lowest BCUT2D eigenvalue weighted by Gasteiger charge is -2.31. The molecule has 0 saturated heterocycles. The molecule has 2 saturated carbocycles. The maximum Gasteiger partial charge on any atom is 0.306 e. The number of rotatable bonds is 4. The molecule has 0 spiro atoms. The second-order valence-corrected chi connectivity index (χ2v) is 14.9. The summed E-state index contributed by atoms with van der Waals surface area (Å²) in [6.07, 6.45) is 11.7. The van der Waals surface area contributed by atoms with Gasteiger partial charge in [0.25, 0.3) is 0 Å². The normalized spacial score (nSPS) is 21.9. The first-order chi connectivity index (χ1) is 25.6. The number of fused-ring (bicyclic) bond motifs is 2. The van der Waals surface area contributed by atoms with Gasteiger partial charge in [-0.05, 0) is 123 Å². The van der Waals surface area contributed by atoms with Crippen LogP contribution >= 0.6 is 23.2 Å². The van der Waals surface area contributed by atoms with Gasteiger partial charge in [0.2, 0.25) is 0 Å². The van der Waals surface area contributed by atoms with Gasteiger partial charge in [0.1, 0.15) is 0 Å². The summed E-state index contributed by atoms with van der Waals surface area (Å²) in [5.41, 5.74) is 5.41. The molecule has 0 atom stereocenters. The van der Waals surface area contributed by atoms with Crippen molar-refractivity contribution in [1.82, 2.24) is 0 Å². The Bertz CT molecular complexity index is 2030. The Balaban J connectivity index is 0.000000147. The van der Waals surface area contributed by atoms with Crippen molar-refractivity contribution in [1.29, 1.82) is 0 Å². The van der Waals surface area contributed by atoms with Crippen LogP contribution in [0.15, 0.2) is 121 Å². The maximum absolute atomic E-state index is 12.8. The predicted octanol–water partition coefficient (Wildman–Crippen LogP) is 10.9. The summed E-state index contributed by atoms with van der Waals surface area (Å²) in [7, 11) is 0. The molecule has 4 aliphatic rings. The Hall–Kier alpha value is -4.91. The van der Waals surface area contributed by atoms with Gasteiger partial charge in [-0.15, -0.1) is 0 Å². The zero-order valence-corrected chi connectivity index (χ0v) is 30.7. The molecule has 4 aliphatic carbocycles. The summed E-state index contributed by atoms with van der Waals surface area (Å²) in [6.45, 7) is 0. The number of carbonyl (C=O) groups is 5. The molecule has 4 aromatic carbocycles. The fourth-order valence-corrected chi connectivity index (χ4v) is 8.02. The van der Waals surface area contributed by atoms with E-state index in [0.717, 1.165) is 61.4 Å². The average Bonchev–Trinajstić information content (AvgIpc) is 3.19. The largest absolute Gasteiger partial charge is 0.481 e. The topological polar surface area (TPSA) is 106 Å². The molecule has 0 amide bonds. The molecule has 0 unspecified atom stereocenters. The summed E-state index contributed by atoms with van der Waals surface area (Å²) in [5, 5.41) is 10.4. The second kappa shape index (κ2) is 17.3. The third kappa shape index (κ3) is 9.19. The van der Waals surface area contributed by atoms with Crippen molar-refractivity contribution in [3.63, 3.8) is 0 Å². The van der Waals surface area contributed by atoms with Crippen LogP contribution in [0.2, 0.25) is 10.0 Å². The molecule has 0 aromatic heterocycles. The Kier molecular flexibility index (Phi) is 12.3. The highest BCUT2D eigenvalue weighted by Crippen LogP contribution is 2.41. The minimum Gasteiger partial charge on any atom is -0.481 e. The third-order valence-corrected chi connectivity index (χ3v) is 11.3. The predicted molar refractivity (Wildman–Crippen MR) is 207 cm³/mol. The van der Waals surface area contributed by atoms with Crippen molar-refractivity contribution in [3.05, 3.63) is 164 Å². The average molecular weight is 748 g/mol. The molecule has 0 bridgehead atoms. The Labute approximate surface area is 319 Å². The third-order valence-electron chi connectivity index (χ3n) is 10.8. The summed E-state index contributed by atoms with van der Waals surface area (Å²) >= 11 is 11.8. The Morgan fingerprint density at radius 3 is 1.30 bits per heavy atom. The summed E-state index contributed by atoms with van der Waals surface area (Å²) in [6, 6.07) is 29.9. The van der Waals surface area contributed by atoms with E-state index in [1.165, 1.54) is 23.3 Å². The zero-order chi connectivity index (χ0) is 37.5. The highest BCUT2D eigenvalue weighted by molar-refractivity contribution is 6.31. The fourth-order valence-electron chi connectivity index (χ4n) is 7.76. The summed E-state index contributed by atoms with van der Waals surface area (Å²) < 4.78 is 0. The van der Waals surface area contributed by atoms with Gasteiger partial charge in [-0.25, -0.2) is 0 Å². The van der Waals surface area contributed by atoms with E-state index in [1.54, 1.807) is 48.5 Å². The van der Waals surface area contributed by atoms with Crippen LogP contribution in [0, 0.1) is 11.8 Å². The lowest BCUT2D eigenvalue weighted by Crippen LogP contribution is -2.24. The molecule has 6 nitrogen and oxygen atoms in total. The first-order valence-electron chi connectivity index (χ1n) is 18.1. The van der Waals surface area contributed by atoms with Gasteiger partial charge in [0.15, 0.2) is 23.1 Å². The number of aliphatic carboxylic acids is 1. The summed E-state index contributed by atoms with van der Waals surface area (Å²) in [5.74, 6) is 0.237. The number of hydrogen-bond acceptors (Lipinski definition) is 5. The van der Waals surface area contributed by atoms with E-state index < -0.39 is 5.97 Å². The van der Waals surface area contributed by atoms with E-state index in [9.17, 15) is 24.0 Å². The van der Waals surface area contributed by atoms with Crippen LogP contribution in [0.3, 0.4) is 0 Å². The van der Waals surface area contributed by atoms with Gasteiger partial charge in [0.05, 0.1) is 5.92 Å². The number of allylic oxidation sites excluding steroid dienone is 4. The summed E-state index contributed by atoms with van der Waals surface area (Å²) in [4.78, 5) is 58.4. The molecule has 0 radical (unpaired) electrons. The quantitative estimate of drug-likeness (QED) is 0.223. The zero-order valence-electron chi connectivity index (χ0n) is 29.2. The van der Waals surface area contributed by atoms with Gasteiger partial charge in [-0.1, -0.05) is 96.0 Å². The molecule has 2 fully saturated rings. The second-order valence-electron chi connectivity index (χ2n) is 14.0. The standard InChI is InChI=1S/C22H19ClO2.C13H15ClO2.C10H6O2/c23-17-11-9-15(10-12-17)14-5-7-16(8-6-14)20-13-21(24)18-3-1-2-4-19(18)22(20)25;14-12-7-5-10(6-8-12)9-1-3-11(4-2-9)13(15)16;11-9-5-6-10(12)8-4-2-1-3-7(8)9/h1-4,9-14,16H,5-8H2;5-9,11H,1-4H2,(H,15,16);1-6H. The SMILES string of the molecule is O=C(O)C1CCC(c2ccc(Cl)cc2)CC1.O=C1C=C(C2CCC(c3ccc(Cl)cc3)CC2)C(=O)c2ccccc21.O=C1C=CC(=O)c2ccccc21. The van der Waals surface area contributed by atoms with Gasteiger partial charge in [-0.3, -0.25) is 24.0 Å². The number of carboxylic acids is 1. The van der Waals surface area contributed by atoms with Crippen molar-refractivity contribution in [3.8, 4) is 0 Å². The monoisotopic (exact) mass is 746 g/mol. The number of benzene rings is 4. The van der Waals surface area contributed by atoms with Gasteiger partial charge < -0.3 is 5.11 Å². The smallest absolute Gasteiger partial charge is 0.306 e. The van der Waals surface area contributed by atoms with E-state index in [4.69, 9.17) is 28.3 Å². The molecular weight excluding hydrogens is 707 g/mol. The van der Waals surface area contributed by atoms with Gasteiger partial charge >= 0.3 is 5.97 Å². The Morgan fingerprint density at radius 2 is 0.868 bits per heavy atom. The van der Waals surface area contributed by atoms with E-state index in [1.807, 2.05) is 42.5 Å². The minimum absolute atomic E-state index is 0.0325. The van der Waals surface area contributed by atoms with Gasteiger partial charge in [-0.2, -0.15) is 0 Å². The van der Waals surface area contributed by atoms with Crippen LogP contribution < -0.4 is 0 Å². The van der Waals surface area contributed by atoms with Crippen molar-refractivity contribution in [2.75, 3.05) is 0 Å². The molecule has 53 heavy (non-hydrogen) atoms. The number of ketones is 4. The molecule has 4 aromatic rings. The Morgan fingerprint density at radius 1 is 0.491 bits per heavy atom. The highest BCUT2D eigenvalue weighted by atomic mass is 35.5. The number of halogens is 2. The van der Waals surface area contributed by atoms with Crippen LogP contribution in [0.1, 0.15) is 116 Å². The molecule has 8 rings (SSSR count). The van der Waals surface area contributed by atoms with E-state index in [-0.39, 0.29) is 35.0 Å². The van der Waals surface area contributed by atoms with Crippen molar-refractivity contribution >= 4 is 52.3 Å². The lowest BCUT2D eigenvalue weighted by molar-refractivity contribution is -0.142. The molecule has 1 N–H and O–H groups in total. The molecule has 8 heteroatoms. The van der Waals surface area contributed by atoms with Crippen molar-refractivity contribution < 1.29 is 29.1 Å². The number of carbonyl (C=O) groups excluding carboxylic acids is 4. The van der Waals surface area contributed by atoms with E-state index in [0.29, 0.717) is 39.7 Å². The number of carboxylic acid groups (broad SMARTS) is 1. The first kappa shape index (κ1) is 37.8. The van der Waals surface area contributed by atoms with Crippen molar-refractivity contribution in [2.45, 2.75) is 63.2 Å². The van der Waals surface area contributed by atoms with E-state index in [2.05, 4.69) is 12.1 Å². The lowest BCUT2D eigenvalue weighted by atomic mass is 9.72. The number of hydrogen-bond donors (Lipinski definition) is 1. The van der Waals surface area contributed by atoms with Crippen LogP contribution in [0.4, 0.5) is 0 Å². The van der Waals surface area contributed by atoms with Crippen LogP contribution in [0.5, 0.6) is 0 Å². The van der Waals surface area contributed by atoms with Gasteiger partial charge in [0, 0.05) is 37.9 Å². The van der Waals surface area contributed by atoms with E-state index >= 15 is 0 Å². The van der Waals surface area contributed by atoms with Crippen molar-refractivity contribution in [2.24, 2.45) is 11.8 Å². The molecule has 0 heterocycles.